The van der Waals surface area contributed by atoms with Crippen LogP contribution in [0.3, 0.4) is 0 Å². The lowest BCUT2D eigenvalue weighted by molar-refractivity contribution is 0.268. The van der Waals surface area contributed by atoms with E-state index in [-0.39, 0.29) is 6.61 Å². The molecule has 0 aromatic heterocycles. The number of rotatable bonds is 12. The van der Waals surface area contributed by atoms with Gasteiger partial charge < -0.3 is 19.9 Å². The van der Waals surface area contributed by atoms with Crippen molar-refractivity contribution in [3.8, 4) is 11.5 Å². The van der Waals surface area contributed by atoms with Crippen molar-refractivity contribution >= 4 is 15.9 Å². The molecule has 2 aromatic carbocycles. The molecule has 0 spiro atoms. The predicted molar refractivity (Wildman–Crippen MR) is 113 cm³/mol. The van der Waals surface area contributed by atoms with Gasteiger partial charge in [-0.3, -0.25) is 0 Å². The smallest absolute Gasteiger partial charge is 0.162 e. The SMILES string of the molecule is CCOc1cc(CNCCCCCO)c(Br)cc1OCc1ccccc1C. The number of unbranched alkanes of at least 4 members (excludes halogenated alkanes) is 2. The Kier molecular flexibility index (Phi) is 9.67. The molecule has 0 saturated heterocycles. The second-order valence-electron chi connectivity index (χ2n) is 6.50. The standard InChI is InChI=1S/C22H30BrNO3/c1-3-26-21-13-19(15-24-11-7-4-8-12-25)20(23)14-22(21)27-16-18-10-6-5-9-17(18)2/h5-6,9-10,13-14,24-25H,3-4,7-8,11-12,15-16H2,1-2H3. The molecule has 148 valence electrons. The summed E-state index contributed by atoms with van der Waals surface area (Å²) in [5.74, 6) is 1.52. The summed E-state index contributed by atoms with van der Waals surface area (Å²) >= 11 is 3.66. The molecule has 0 unspecified atom stereocenters. The number of hydrogen-bond acceptors (Lipinski definition) is 4. The normalized spacial score (nSPS) is 10.8. The van der Waals surface area contributed by atoms with E-state index in [9.17, 15) is 0 Å². The Morgan fingerprint density at radius 1 is 1.00 bits per heavy atom. The van der Waals surface area contributed by atoms with Crippen LogP contribution in [0, 0.1) is 6.92 Å². The summed E-state index contributed by atoms with van der Waals surface area (Å²) < 4.78 is 12.9. The van der Waals surface area contributed by atoms with Gasteiger partial charge >= 0.3 is 0 Å². The van der Waals surface area contributed by atoms with Gasteiger partial charge in [0.2, 0.25) is 0 Å². The van der Waals surface area contributed by atoms with Crippen LogP contribution in [0.1, 0.15) is 42.9 Å². The number of halogens is 1. The van der Waals surface area contributed by atoms with E-state index >= 15 is 0 Å². The molecule has 0 saturated carbocycles. The van der Waals surface area contributed by atoms with Crippen molar-refractivity contribution in [1.29, 1.82) is 0 Å². The van der Waals surface area contributed by atoms with E-state index < -0.39 is 0 Å². The highest BCUT2D eigenvalue weighted by atomic mass is 79.9. The van der Waals surface area contributed by atoms with Crippen LogP contribution in [0.25, 0.3) is 0 Å². The highest BCUT2D eigenvalue weighted by molar-refractivity contribution is 9.10. The van der Waals surface area contributed by atoms with Gasteiger partial charge in [0, 0.05) is 17.6 Å². The molecule has 0 bridgehead atoms. The Balaban J connectivity index is 2.00. The molecule has 0 atom stereocenters. The third kappa shape index (κ3) is 7.17. The van der Waals surface area contributed by atoms with Crippen molar-refractivity contribution in [1.82, 2.24) is 5.32 Å². The molecule has 2 rings (SSSR count). The number of benzene rings is 2. The summed E-state index contributed by atoms with van der Waals surface area (Å²) in [6.07, 6.45) is 2.97. The lowest BCUT2D eigenvalue weighted by atomic mass is 10.1. The van der Waals surface area contributed by atoms with E-state index in [4.69, 9.17) is 14.6 Å². The molecule has 0 aliphatic carbocycles. The van der Waals surface area contributed by atoms with E-state index in [0.29, 0.717) is 13.2 Å². The number of nitrogens with one attached hydrogen (secondary N) is 1. The monoisotopic (exact) mass is 435 g/mol. The maximum absolute atomic E-state index is 8.82. The average Bonchev–Trinajstić information content (AvgIpc) is 2.66. The highest BCUT2D eigenvalue weighted by Gasteiger charge is 2.11. The van der Waals surface area contributed by atoms with Gasteiger partial charge in [-0.05, 0) is 68.5 Å². The summed E-state index contributed by atoms with van der Waals surface area (Å²) in [7, 11) is 0. The maximum atomic E-state index is 8.82. The number of aryl methyl sites for hydroxylation is 1. The summed E-state index contributed by atoms with van der Waals surface area (Å²) in [5.41, 5.74) is 3.53. The van der Waals surface area contributed by atoms with Crippen LogP contribution in [0.5, 0.6) is 11.5 Å². The Labute approximate surface area is 171 Å². The summed E-state index contributed by atoms with van der Waals surface area (Å²) in [5, 5.41) is 12.3. The van der Waals surface area contributed by atoms with Crippen LogP contribution < -0.4 is 14.8 Å². The van der Waals surface area contributed by atoms with E-state index in [0.717, 1.165) is 53.9 Å². The fourth-order valence-electron chi connectivity index (χ4n) is 2.78. The van der Waals surface area contributed by atoms with Crippen molar-refractivity contribution < 1.29 is 14.6 Å². The van der Waals surface area contributed by atoms with Crippen molar-refractivity contribution in [2.75, 3.05) is 19.8 Å². The maximum Gasteiger partial charge on any atom is 0.162 e. The van der Waals surface area contributed by atoms with Gasteiger partial charge in [0.15, 0.2) is 11.5 Å². The van der Waals surface area contributed by atoms with Gasteiger partial charge in [0.05, 0.1) is 6.61 Å². The first kappa shape index (κ1) is 21.7. The number of aliphatic hydroxyl groups is 1. The molecular weight excluding hydrogens is 406 g/mol. The molecule has 27 heavy (non-hydrogen) atoms. The van der Waals surface area contributed by atoms with Crippen LogP contribution in [-0.2, 0) is 13.2 Å². The minimum atomic E-state index is 0.271. The number of hydrogen-bond donors (Lipinski definition) is 2. The molecule has 5 heteroatoms. The van der Waals surface area contributed by atoms with Crippen LogP contribution in [0.15, 0.2) is 40.9 Å². The second kappa shape index (κ2) is 12.0. The third-order valence-electron chi connectivity index (χ3n) is 4.38. The molecule has 2 aromatic rings. The molecule has 0 aliphatic heterocycles. The topological polar surface area (TPSA) is 50.7 Å². The largest absolute Gasteiger partial charge is 0.490 e. The van der Waals surface area contributed by atoms with Gasteiger partial charge in [0.25, 0.3) is 0 Å². The summed E-state index contributed by atoms with van der Waals surface area (Å²) in [4.78, 5) is 0. The van der Waals surface area contributed by atoms with Crippen molar-refractivity contribution in [2.24, 2.45) is 0 Å². The molecule has 4 nitrogen and oxygen atoms in total. The van der Waals surface area contributed by atoms with Crippen LogP contribution in [-0.4, -0.2) is 24.9 Å². The summed E-state index contributed by atoms with van der Waals surface area (Å²) in [6.45, 7) is 7.14. The molecule has 0 heterocycles. The fraction of sp³-hybridized carbons (Fsp3) is 0.455. The van der Waals surface area contributed by atoms with Gasteiger partial charge in [-0.2, -0.15) is 0 Å². The first-order chi connectivity index (χ1) is 13.2. The van der Waals surface area contributed by atoms with E-state index in [1.54, 1.807) is 0 Å². The molecule has 0 amide bonds. The van der Waals surface area contributed by atoms with Crippen molar-refractivity contribution in [3.05, 3.63) is 57.6 Å². The van der Waals surface area contributed by atoms with E-state index in [1.807, 2.05) is 31.2 Å². The lowest BCUT2D eigenvalue weighted by Gasteiger charge is -2.16. The zero-order chi connectivity index (χ0) is 19.5. The molecule has 0 aliphatic rings. The highest BCUT2D eigenvalue weighted by Crippen LogP contribution is 2.34. The van der Waals surface area contributed by atoms with Crippen LogP contribution in [0.4, 0.5) is 0 Å². The second-order valence-corrected chi connectivity index (χ2v) is 7.35. The number of ether oxygens (including phenoxy) is 2. The zero-order valence-electron chi connectivity index (χ0n) is 16.3. The summed E-state index contributed by atoms with van der Waals surface area (Å²) in [6, 6.07) is 12.3. The lowest BCUT2D eigenvalue weighted by Crippen LogP contribution is -2.15. The van der Waals surface area contributed by atoms with Gasteiger partial charge in [0.1, 0.15) is 6.61 Å². The molecular formula is C22H30BrNO3. The molecule has 2 N–H and O–H groups in total. The minimum Gasteiger partial charge on any atom is -0.490 e. The molecule has 0 radical (unpaired) electrons. The van der Waals surface area contributed by atoms with Crippen molar-refractivity contribution in [2.45, 2.75) is 46.3 Å². The Morgan fingerprint density at radius 3 is 2.52 bits per heavy atom. The average molecular weight is 436 g/mol. The Morgan fingerprint density at radius 2 is 1.78 bits per heavy atom. The van der Waals surface area contributed by atoms with Gasteiger partial charge in [-0.15, -0.1) is 0 Å². The van der Waals surface area contributed by atoms with E-state index in [1.165, 1.54) is 11.1 Å². The molecule has 0 fully saturated rings. The fourth-order valence-corrected chi connectivity index (χ4v) is 3.25. The minimum absolute atomic E-state index is 0.271. The Hall–Kier alpha value is -1.56. The van der Waals surface area contributed by atoms with E-state index in [2.05, 4.69) is 40.3 Å². The van der Waals surface area contributed by atoms with Crippen LogP contribution in [0.2, 0.25) is 0 Å². The van der Waals surface area contributed by atoms with Gasteiger partial charge in [-0.25, -0.2) is 0 Å². The first-order valence-electron chi connectivity index (χ1n) is 9.59. The van der Waals surface area contributed by atoms with Gasteiger partial charge in [-0.1, -0.05) is 40.2 Å². The predicted octanol–water partition coefficient (Wildman–Crippen LogP) is 4.99. The first-order valence-corrected chi connectivity index (χ1v) is 10.4. The Bertz CT molecular complexity index is 706. The quantitative estimate of drug-likeness (QED) is 0.461. The van der Waals surface area contributed by atoms with Crippen molar-refractivity contribution in [3.63, 3.8) is 0 Å². The van der Waals surface area contributed by atoms with Crippen LogP contribution >= 0.6 is 15.9 Å². The third-order valence-corrected chi connectivity index (χ3v) is 5.12. The zero-order valence-corrected chi connectivity index (χ0v) is 17.8. The number of aliphatic hydroxyl groups excluding tert-OH is 1.